The first-order valence-electron chi connectivity index (χ1n) is 7.08. The van der Waals surface area contributed by atoms with Crippen molar-refractivity contribution in [3.8, 4) is 0 Å². The Morgan fingerprint density at radius 1 is 0.905 bits per heavy atom. The van der Waals surface area contributed by atoms with Crippen LogP contribution in [0.25, 0.3) is 10.8 Å². The third-order valence-corrected chi connectivity index (χ3v) is 4.14. The number of carboxylic acid groups (broad SMARTS) is 1. The first-order valence-corrected chi connectivity index (χ1v) is 7.08. The molecule has 2 unspecified atom stereocenters. The maximum Gasteiger partial charge on any atom is 0.307 e. The van der Waals surface area contributed by atoms with Gasteiger partial charge in [-0.15, -0.1) is 0 Å². The normalized spacial score (nSPS) is 21.3. The largest absolute Gasteiger partial charge is 0.481 e. The van der Waals surface area contributed by atoms with E-state index in [2.05, 4.69) is 0 Å². The van der Waals surface area contributed by atoms with Crippen LogP contribution in [0.3, 0.4) is 0 Å². The topological polar surface area (TPSA) is 54.4 Å². The maximum absolute atomic E-state index is 12.8. The Balaban J connectivity index is 2.04. The molecule has 0 bridgehead atoms. The van der Waals surface area contributed by atoms with Gasteiger partial charge in [0.15, 0.2) is 5.78 Å². The smallest absolute Gasteiger partial charge is 0.307 e. The van der Waals surface area contributed by atoms with Crippen molar-refractivity contribution in [2.24, 2.45) is 11.8 Å². The summed E-state index contributed by atoms with van der Waals surface area (Å²) in [5, 5.41) is 11.2. The fraction of sp³-hybridized carbons (Fsp3) is 0.222. The number of fused-ring (bicyclic) bond motifs is 1. The molecule has 2 atom stereocenters. The predicted octanol–water partition coefficient (Wildman–Crippen LogP) is 3.69. The molecule has 1 aliphatic carbocycles. The van der Waals surface area contributed by atoms with Crippen LogP contribution in [0.5, 0.6) is 0 Å². The average molecular weight is 280 g/mol. The minimum absolute atomic E-state index is 0.0662. The molecule has 1 N–H and O–H groups in total. The Morgan fingerprint density at radius 3 is 2.33 bits per heavy atom. The molecule has 0 heterocycles. The molecule has 0 aromatic heterocycles. The third kappa shape index (κ3) is 2.47. The fourth-order valence-corrected chi connectivity index (χ4v) is 3.02. The minimum Gasteiger partial charge on any atom is -0.481 e. The first-order chi connectivity index (χ1) is 10.2. The Hall–Kier alpha value is -2.42. The molecule has 0 saturated heterocycles. The number of carbonyl (C=O) groups is 2. The number of carbonyl (C=O) groups excluding carboxylic acids is 1. The molecule has 0 spiro atoms. The van der Waals surface area contributed by atoms with Crippen molar-refractivity contribution in [1.82, 2.24) is 0 Å². The van der Waals surface area contributed by atoms with Crippen LogP contribution in [0, 0.1) is 11.8 Å². The van der Waals surface area contributed by atoms with Gasteiger partial charge < -0.3 is 5.11 Å². The SMILES string of the molecule is O=C(O)C1CC=CCC1C(=O)c1cccc2ccccc12. The van der Waals surface area contributed by atoms with Crippen LogP contribution in [0.4, 0.5) is 0 Å². The summed E-state index contributed by atoms with van der Waals surface area (Å²) >= 11 is 0. The number of carboxylic acids is 1. The molecule has 21 heavy (non-hydrogen) atoms. The van der Waals surface area contributed by atoms with Crippen molar-refractivity contribution in [1.29, 1.82) is 0 Å². The lowest BCUT2D eigenvalue weighted by Gasteiger charge is -2.24. The van der Waals surface area contributed by atoms with E-state index in [0.29, 0.717) is 18.4 Å². The molecule has 3 rings (SSSR count). The van der Waals surface area contributed by atoms with Gasteiger partial charge in [-0.3, -0.25) is 9.59 Å². The lowest BCUT2D eigenvalue weighted by molar-refractivity contribution is -0.143. The second kappa shape index (κ2) is 5.52. The van der Waals surface area contributed by atoms with Crippen molar-refractivity contribution in [2.45, 2.75) is 12.8 Å². The van der Waals surface area contributed by atoms with Crippen LogP contribution in [0.1, 0.15) is 23.2 Å². The molecular weight excluding hydrogens is 264 g/mol. The van der Waals surface area contributed by atoms with Gasteiger partial charge >= 0.3 is 5.97 Å². The molecule has 0 fully saturated rings. The van der Waals surface area contributed by atoms with E-state index in [1.54, 1.807) is 6.07 Å². The molecule has 0 amide bonds. The van der Waals surface area contributed by atoms with Crippen molar-refractivity contribution >= 4 is 22.5 Å². The molecule has 0 radical (unpaired) electrons. The number of ketones is 1. The van der Waals surface area contributed by atoms with E-state index < -0.39 is 17.8 Å². The van der Waals surface area contributed by atoms with Gasteiger partial charge in [0.05, 0.1) is 5.92 Å². The quantitative estimate of drug-likeness (QED) is 0.689. The summed E-state index contributed by atoms with van der Waals surface area (Å²) in [6, 6.07) is 13.3. The predicted molar refractivity (Wildman–Crippen MR) is 81.3 cm³/mol. The highest BCUT2D eigenvalue weighted by Gasteiger charge is 2.34. The summed E-state index contributed by atoms with van der Waals surface area (Å²) in [4.78, 5) is 24.2. The molecule has 2 aromatic carbocycles. The number of rotatable bonds is 3. The standard InChI is InChI=1S/C18H16O3/c19-17(15-9-3-4-10-16(15)18(20)21)14-11-5-7-12-6-1-2-8-13(12)14/h1-8,11,15-16H,9-10H2,(H,20,21). The number of hydrogen-bond donors (Lipinski definition) is 1. The summed E-state index contributed by atoms with van der Waals surface area (Å²) in [5.41, 5.74) is 0.625. The van der Waals surface area contributed by atoms with Gasteiger partial charge in [-0.25, -0.2) is 0 Å². The number of aliphatic carboxylic acids is 1. The van der Waals surface area contributed by atoms with E-state index in [-0.39, 0.29) is 5.78 Å². The van der Waals surface area contributed by atoms with Crippen molar-refractivity contribution < 1.29 is 14.7 Å². The van der Waals surface area contributed by atoms with E-state index in [4.69, 9.17) is 0 Å². The minimum atomic E-state index is -0.891. The Morgan fingerprint density at radius 2 is 1.57 bits per heavy atom. The molecule has 1 aliphatic rings. The second-order valence-corrected chi connectivity index (χ2v) is 5.38. The van der Waals surface area contributed by atoms with Crippen molar-refractivity contribution in [3.05, 3.63) is 60.2 Å². The van der Waals surface area contributed by atoms with E-state index in [1.807, 2.05) is 48.6 Å². The number of hydrogen-bond acceptors (Lipinski definition) is 2. The van der Waals surface area contributed by atoms with Crippen LogP contribution in [0.2, 0.25) is 0 Å². The maximum atomic E-state index is 12.8. The van der Waals surface area contributed by atoms with Gasteiger partial charge in [-0.1, -0.05) is 54.6 Å². The summed E-state index contributed by atoms with van der Waals surface area (Å²) in [7, 11) is 0. The van der Waals surface area contributed by atoms with Gasteiger partial charge in [-0.2, -0.15) is 0 Å². The summed E-state index contributed by atoms with van der Waals surface area (Å²) in [5.74, 6) is -2.05. The van der Waals surface area contributed by atoms with E-state index in [1.165, 1.54) is 0 Å². The highest BCUT2D eigenvalue weighted by Crippen LogP contribution is 2.31. The zero-order chi connectivity index (χ0) is 14.8. The van der Waals surface area contributed by atoms with E-state index >= 15 is 0 Å². The van der Waals surface area contributed by atoms with Crippen LogP contribution in [-0.2, 0) is 4.79 Å². The molecule has 106 valence electrons. The van der Waals surface area contributed by atoms with Gasteiger partial charge in [0, 0.05) is 11.5 Å². The fourth-order valence-electron chi connectivity index (χ4n) is 3.02. The first kappa shape index (κ1) is 13.6. The number of Topliss-reactive ketones (excluding diaryl/α,β-unsaturated/α-hetero) is 1. The second-order valence-electron chi connectivity index (χ2n) is 5.38. The van der Waals surface area contributed by atoms with Crippen molar-refractivity contribution in [2.75, 3.05) is 0 Å². The van der Waals surface area contributed by atoms with Gasteiger partial charge in [0.1, 0.15) is 0 Å². The van der Waals surface area contributed by atoms with Crippen LogP contribution in [-0.4, -0.2) is 16.9 Å². The number of allylic oxidation sites excluding steroid dienone is 2. The Bertz CT molecular complexity index is 725. The molecule has 3 heteroatoms. The Labute approximate surface area is 122 Å². The highest BCUT2D eigenvalue weighted by atomic mass is 16.4. The number of benzene rings is 2. The van der Waals surface area contributed by atoms with Gasteiger partial charge in [-0.05, 0) is 23.6 Å². The van der Waals surface area contributed by atoms with Crippen LogP contribution in [0.15, 0.2) is 54.6 Å². The summed E-state index contributed by atoms with van der Waals surface area (Å²) < 4.78 is 0. The summed E-state index contributed by atoms with van der Waals surface area (Å²) in [6.07, 6.45) is 4.69. The van der Waals surface area contributed by atoms with E-state index in [9.17, 15) is 14.7 Å². The molecular formula is C18H16O3. The van der Waals surface area contributed by atoms with Crippen LogP contribution < -0.4 is 0 Å². The van der Waals surface area contributed by atoms with Crippen LogP contribution >= 0.6 is 0 Å². The zero-order valence-corrected chi connectivity index (χ0v) is 11.5. The lowest BCUT2D eigenvalue weighted by Crippen LogP contribution is -2.31. The third-order valence-electron chi connectivity index (χ3n) is 4.14. The Kier molecular flexibility index (Phi) is 3.57. The average Bonchev–Trinajstić information content (AvgIpc) is 2.53. The molecule has 0 saturated carbocycles. The molecule has 0 aliphatic heterocycles. The lowest BCUT2D eigenvalue weighted by atomic mass is 9.78. The van der Waals surface area contributed by atoms with E-state index in [0.717, 1.165) is 10.8 Å². The van der Waals surface area contributed by atoms with Gasteiger partial charge in [0.2, 0.25) is 0 Å². The molecule has 2 aromatic rings. The van der Waals surface area contributed by atoms with Crippen molar-refractivity contribution in [3.63, 3.8) is 0 Å². The van der Waals surface area contributed by atoms with Gasteiger partial charge in [0.25, 0.3) is 0 Å². The highest BCUT2D eigenvalue weighted by molar-refractivity contribution is 6.10. The summed E-state index contributed by atoms with van der Waals surface area (Å²) in [6.45, 7) is 0. The molecule has 3 nitrogen and oxygen atoms in total. The zero-order valence-electron chi connectivity index (χ0n) is 11.5. The monoisotopic (exact) mass is 280 g/mol.